The molecule has 10 heteroatoms. The summed E-state index contributed by atoms with van der Waals surface area (Å²) in [5.41, 5.74) is -0.419. The third-order valence-electron chi connectivity index (χ3n) is 2.49. The Hall–Kier alpha value is -2.20. The number of nitrogens with zero attached hydrogens (tertiary/aromatic N) is 1. The minimum atomic E-state index is -4.17. The largest absolute Gasteiger partial charge is 0.492 e. The Morgan fingerprint density at radius 3 is 2.57 bits per heavy atom. The van der Waals surface area contributed by atoms with Gasteiger partial charge < -0.3 is 9.84 Å². The highest BCUT2D eigenvalue weighted by Gasteiger charge is 2.20. The molecule has 3 N–H and O–H groups in total. The summed E-state index contributed by atoms with van der Waals surface area (Å²) in [4.78, 5) is 19.7. The minimum absolute atomic E-state index is 0.0222. The van der Waals surface area contributed by atoms with Gasteiger partial charge in [0.15, 0.2) is 0 Å². The second-order valence-corrected chi connectivity index (χ2v) is 5.66. The van der Waals surface area contributed by atoms with Crippen LogP contribution in [0, 0.1) is 10.1 Å². The molecule has 0 bridgehead atoms. The molecule has 0 unspecified atom stereocenters. The van der Waals surface area contributed by atoms with E-state index in [0.29, 0.717) is 12.8 Å². The zero-order valence-corrected chi connectivity index (χ0v) is 11.7. The number of carboxylic acids is 1. The monoisotopic (exact) mass is 318 g/mol. The van der Waals surface area contributed by atoms with Gasteiger partial charge in [0.2, 0.25) is 10.0 Å². The molecule has 0 amide bonds. The Balaban J connectivity index is 2.82. The zero-order valence-electron chi connectivity index (χ0n) is 10.9. The van der Waals surface area contributed by atoms with Gasteiger partial charge in [-0.2, -0.15) is 0 Å². The lowest BCUT2D eigenvalue weighted by Crippen LogP contribution is -2.14. The highest BCUT2D eigenvalue weighted by Crippen LogP contribution is 2.27. The molecule has 9 nitrogen and oxygen atoms in total. The quantitative estimate of drug-likeness (QED) is 0.410. The molecule has 0 saturated carbocycles. The fourth-order valence-electron chi connectivity index (χ4n) is 1.51. The van der Waals surface area contributed by atoms with Gasteiger partial charge in [-0.15, -0.1) is 0 Å². The lowest BCUT2D eigenvalue weighted by atomic mass is 10.2. The molecule has 0 aliphatic rings. The molecular weight excluding hydrogens is 304 g/mol. The van der Waals surface area contributed by atoms with Crippen molar-refractivity contribution in [2.75, 3.05) is 6.61 Å². The Kier molecular flexibility index (Phi) is 5.61. The van der Waals surface area contributed by atoms with E-state index in [0.717, 1.165) is 18.2 Å². The second kappa shape index (κ2) is 6.99. The normalized spacial score (nSPS) is 11.1. The molecule has 0 spiro atoms. The molecule has 0 aromatic heterocycles. The molecule has 1 aromatic carbocycles. The third kappa shape index (κ3) is 5.36. The van der Waals surface area contributed by atoms with Gasteiger partial charge in [-0.25, -0.2) is 13.6 Å². The number of carboxylic acid groups (broad SMARTS) is 1. The molecule has 0 radical (unpaired) electrons. The maximum Gasteiger partial charge on any atom is 0.303 e. The molecule has 0 heterocycles. The Bertz CT molecular complexity index is 642. The number of non-ortho nitro benzene ring substituents is 1. The average molecular weight is 318 g/mol. The predicted octanol–water partition coefficient (Wildman–Crippen LogP) is 0.876. The van der Waals surface area contributed by atoms with Crippen molar-refractivity contribution in [3.8, 4) is 5.75 Å². The number of nitrogens with two attached hydrogens (primary N) is 1. The molecule has 116 valence electrons. The van der Waals surface area contributed by atoms with Crippen LogP contribution in [0.15, 0.2) is 23.1 Å². The lowest BCUT2D eigenvalue weighted by molar-refractivity contribution is -0.385. The number of rotatable bonds is 8. The van der Waals surface area contributed by atoms with Crippen LogP contribution in [0.1, 0.15) is 19.3 Å². The first-order chi connectivity index (χ1) is 9.71. The molecule has 0 aliphatic heterocycles. The van der Waals surface area contributed by atoms with Crippen molar-refractivity contribution >= 4 is 21.7 Å². The summed E-state index contributed by atoms with van der Waals surface area (Å²) < 4.78 is 28.0. The van der Waals surface area contributed by atoms with E-state index in [9.17, 15) is 23.3 Å². The van der Waals surface area contributed by atoms with Crippen LogP contribution in [0.5, 0.6) is 5.75 Å². The molecule has 0 fully saturated rings. The summed E-state index contributed by atoms with van der Waals surface area (Å²) >= 11 is 0. The molecule has 21 heavy (non-hydrogen) atoms. The van der Waals surface area contributed by atoms with Crippen molar-refractivity contribution in [2.45, 2.75) is 24.2 Å². The molecule has 0 aliphatic carbocycles. The maximum absolute atomic E-state index is 11.4. The van der Waals surface area contributed by atoms with Crippen LogP contribution in [-0.2, 0) is 14.8 Å². The van der Waals surface area contributed by atoms with Crippen LogP contribution in [0.2, 0.25) is 0 Å². The smallest absolute Gasteiger partial charge is 0.303 e. The SMILES string of the molecule is NS(=O)(=O)c1cc([N+](=O)[O-])ccc1OCCCCC(=O)O. The number of nitro benzene ring substituents is 1. The van der Waals surface area contributed by atoms with E-state index >= 15 is 0 Å². The predicted molar refractivity (Wildman–Crippen MR) is 71.5 cm³/mol. The van der Waals surface area contributed by atoms with Gasteiger partial charge in [0.1, 0.15) is 10.6 Å². The fourth-order valence-corrected chi connectivity index (χ4v) is 2.20. The molecule has 1 rings (SSSR count). The van der Waals surface area contributed by atoms with E-state index in [4.69, 9.17) is 15.0 Å². The van der Waals surface area contributed by atoms with Gasteiger partial charge in [0.05, 0.1) is 11.5 Å². The number of carbonyl (C=O) groups is 1. The number of unbranched alkanes of at least 4 members (excludes halogenated alkanes) is 1. The van der Waals surface area contributed by atoms with E-state index in [-0.39, 0.29) is 18.8 Å². The van der Waals surface area contributed by atoms with E-state index in [1.165, 1.54) is 0 Å². The van der Waals surface area contributed by atoms with E-state index < -0.39 is 31.5 Å². The third-order valence-corrected chi connectivity index (χ3v) is 3.42. The summed E-state index contributed by atoms with van der Waals surface area (Å²) in [6.07, 6.45) is 0.742. The standard InChI is InChI=1S/C11H14N2O7S/c12-21(18,19)10-7-8(13(16)17)4-5-9(10)20-6-2-1-3-11(14)15/h4-5,7H,1-3,6H2,(H,14,15)(H2,12,18,19). The van der Waals surface area contributed by atoms with Crippen molar-refractivity contribution in [1.82, 2.24) is 0 Å². The van der Waals surface area contributed by atoms with Crippen molar-refractivity contribution in [3.05, 3.63) is 28.3 Å². The molecule has 1 aromatic rings. The average Bonchev–Trinajstić information content (AvgIpc) is 2.36. The van der Waals surface area contributed by atoms with Crippen molar-refractivity contribution in [2.24, 2.45) is 5.14 Å². The number of hydrogen-bond donors (Lipinski definition) is 2. The van der Waals surface area contributed by atoms with Crippen LogP contribution in [-0.4, -0.2) is 31.0 Å². The van der Waals surface area contributed by atoms with Crippen LogP contribution < -0.4 is 9.88 Å². The number of primary sulfonamides is 1. The maximum atomic E-state index is 11.4. The first kappa shape index (κ1) is 16.9. The van der Waals surface area contributed by atoms with Crippen molar-refractivity contribution in [1.29, 1.82) is 0 Å². The van der Waals surface area contributed by atoms with Gasteiger partial charge in [-0.1, -0.05) is 0 Å². The summed E-state index contributed by atoms with van der Waals surface area (Å²) in [6, 6.07) is 3.07. The van der Waals surface area contributed by atoms with Crippen LogP contribution in [0.25, 0.3) is 0 Å². The van der Waals surface area contributed by atoms with Crippen molar-refractivity contribution in [3.63, 3.8) is 0 Å². The lowest BCUT2D eigenvalue weighted by Gasteiger charge is -2.09. The fraction of sp³-hybridized carbons (Fsp3) is 0.364. The van der Waals surface area contributed by atoms with Crippen LogP contribution >= 0.6 is 0 Å². The summed E-state index contributed by atoms with van der Waals surface area (Å²) in [6.45, 7) is 0.0770. The number of aliphatic carboxylic acids is 1. The second-order valence-electron chi connectivity index (χ2n) is 4.13. The Morgan fingerprint density at radius 2 is 2.05 bits per heavy atom. The van der Waals surface area contributed by atoms with E-state index in [1.54, 1.807) is 0 Å². The van der Waals surface area contributed by atoms with Crippen LogP contribution in [0.3, 0.4) is 0 Å². The zero-order chi connectivity index (χ0) is 16.0. The highest BCUT2D eigenvalue weighted by atomic mass is 32.2. The topological polar surface area (TPSA) is 150 Å². The van der Waals surface area contributed by atoms with Gasteiger partial charge in [0.25, 0.3) is 5.69 Å². The van der Waals surface area contributed by atoms with Crippen molar-refractivity contribution < 1.29 is 28.0 Å². The molecular formula is C11H14N2O7S. The van der Waals surface area contributed by atoms with E-state index in [2.05, 4.69) is 0 Å². The van der Waals surface area contributed by atoms with Gasteiger partial charge in [-0.05, 0) is 18.9 Å². The first-order valence-electron chi connectivity index (χ1n) is 5.87. The Labute approximate surface area is 120 Å². The number of hydrogen-bond acceptors (Lipinski definition) is 6. The molecule has 0 atom stereocenters. The number of benzene rings is 1. The number of ether oxygens (including phenoxy) is 1. The summed E-state index contributed by atoms with van der Waals surface area (Å²) in [7, 11) is -4.17. The molecule has 0 saturated heterocycles. The summed E-state index contributed by atoms with van der Waals surface area (Å²) in [5, 5.41) is 24.1. The van der Waals surface area contributed by atoms with Crippen LogP contribution in [0.4, 0.5) is 5.69 Å². The minimum Gasteiger partial charge on any atom is -0.492 e. The summed E-state index contributed by atoms with van der Waals surface area (Å²) in [5.74, 6) is -1.03. The van der Waals surface area contributed by atoms with Gasteiger partial charge >= 0.3 is 5.97 Å². The number of sulfonamides is 1. The first-order valence-corrected chi connectivity index (χ1v) is 7.42. The Morgan fingerprint density at radius 1 is 1.38 bits per heavy atom. The number of nitro groups is 1. The van der Waals surface area contributed by atoms with Gasteiger partial charge in [0, 0.05) is 18.6 Å². The highest BCUT2D eigenvalue weighted by molar-refractivity contribution is 7.89. The van der Waals surface area contributed by atoms with E-state index in [1.807, 2.05) is 0 Å². The van der Waals surface area contributed by atoms with Gasteiger partial charge in [-0.3, -0.25) is 14.9 Å².